The molecule has 0 atom stereocenters. The van der Waals surface area contributed by atoms with Crippen LogP contribution in [-0.4, -0.2) is 50.8 Å². The molecule has 4 rings (SSSR count). The highest BCUT2D eigenvalue weighted by molar-refractivity contribution is 5.32. The third-order valence-corrected chi connectivity index (χ3v) is 6.51. The SMILES string of the molecule is Cc1nn(C(C)C)c(C)c1CN1CCC(c2cc(=O)[nH]c(N3CCCC3)n2)CC1. The van der Waals surface area contributed by atoms with Crippen molar-refractivity contribution in [1.29, 1.82) is 0 Å². The molecule has 2 aromatic heterocycles. The summed E-state index contributed by atoms with van der Waals surface area (Å²) >= 11 is 0. The Kier molecular flexibility index (Phi) is 5.76. The van der Waals surface area contributed by atoms with Gasteiger partial charge in [-0.25, -0.2) is 4.98 Å². The Hall–Kier alpha value is -2.15. The number of hydrogen-bond acceptors (Lipinski definition) is 5. The number of aromatic amines is 1. The van der Waals surface area contributed by atoms with Gasteiger partial charge in [-0.1, -0.05) is 0 Å². The molecule has 2 aliphatic heterocycles. The number of aromatic nitrogens is 4. The lowest BCUT2D eigenvalue weighted by atomic mass is 9.93. The Morgan fingerprint density at radius 2 is 1.83 bits per heavy atom. The number of anilines is 1. The van der Waals surface area contributed by atoms with Crippen molar-refractivity contribution in [2.24, 2.45) is 0 Å². The maximum atomic E-state index is 12.2. The fraction of sp³-hybridized carbons (Fsp3) is 0.682. The minimum atomic E-state index is -0.0216. The first-order chi connectivity index (χ1) is 13.9. The molecule has 2 fully saturated rings. The van der Waals surface area contributed by atoms with Gasteiger partial charge in [-0.2, -0.15) is 5.10 Å². The summed E-state index contributed by atoms with van der Waals surface area (Å²) in [5.41, 5.74) is 4.74. The first-order valence-electron chi connectivity index (χ1n) is 11.1. The maximum absolute atomic E-state index is 12.2. The molecule has 4 heterocycles. The summed E-state index contributed by atoms with van der Waals surface area (Å²) in [6.45, 7) is 13.7. The van der Waals surface area contributed by atoms with Crippen LogP contribution >= 0.6 is 0 Å². The van der Waals surface area contributed by atoms with Crippen LogP contribution in [0, 0.1) is 13.8 Å². The zero-order valence-electron chi connectivity index (χ0n) is 18.2. The van der Waals surface area contributed by atoms with E-state index in [0.717, 1.165) is 62.9 Å². The number of nitrogens with one attached hydrogen (secondary N) is 1. The number of hydrogen-bond donors (Lipinski definition) is 1. The molecule has 0 unspecified atom stereocenters. The van der Waals surface area contributed by atoms with Gasteiger partial charge in [-0.3, -0.25) is 19.4 Å². The molecule has 158 valence electrons. The van der Waals surface area contributed by atoms with Crippen molar-refractivity contribution in [3.8, 4) is 0 Å². The van der Waals surface area contributed by atoms with E-state index in [1.165, 1.54) is 24.1 Å². The monoisotopic (exact) mass is 398 g/mol. The van der Waals surface area contributed by atoms with Crippen LogP contribution in [0.15, 0.2) is 10.9 Å². The van der Waals surface area contributed by atoms with Crippen LogP contribution in [0.3, 0.4) is 0 Å². The zero-order valence-corrected chi connectivity index (χ0v) is 18.2. The van der Waals surface area contributed by atoms with Gasteiger partial charge in [0.05, 0.1) is 11.4 Å². The number of nitrogens with zero attached hydrogens (tertiary/aromatic N) is 5. The Labute approximate surface area is 173 Å². The minimum Gasteiger partial charge on any atom is -0.342 e. The predicted molar refractivity (Wildman–Crippen MR) is 116 cm³/mol. The van der Waals surface area contributed by atoms with Gasteiger partial charge in [0.25, 0.3) is 5.56 Å². The molecule has 0 radical (unpaired) electrons. The standard InChI is InChI=1S/C22H34N6O/c1-15(2)28-17(4)19(16(3)25-28)14-26-11-7-18(8-12-26)20-13-21(29)24-22(23-20)27-9-5-6-10-27/h13,15,18H,5-12,14H2,1-4H3,(H,23,24,29). The van der Waals surface area contributed by atoms with E-state index < -0.39 is 0 Å². The highest BCUT2D eigenvalue weighted by atomic mass is 16.1. The average molecular weight is 399 g/mol. The molecule has 2 saturated heterocycles. The van der Waals surface area contributed by atoms with Gasteiger partial charge in [0.15, 0.2) is 0 Å². The third kappa shape index (κ3) is 4.25. The summed E-state index contributed by atoms with van der Waals surface area (Å²) in [5.74, 6) is 1.13. The second-order valence-corrected chi connectivity index (χ2v) is 8.93. The molecule has 0 spiro atoms. The smallest absolute Gasteiger partial charge is 0.252 e. The fourth-order valence-corrected chi connectivity index (χ4v) is 4.79. The zero-order chi connectivity index (χ0) is 20.5. The molecule has 29 heavy (non-hydrogen) atoms. The van der Waals surface area contributed by atoms with E-state index in [2.05, 4.69) is 47.2 Å². The molecular weight excluding hydrogens is 364 g/mol. The number of piperidine rings is 1. The number of H-pyrrole nitrogens is 1. The first-order valence-corrected chi connectivity index (χ1v) is 11.1. The number of likely N-dealkylation sites (tertiary alicyclic amines) is 1. The van der Waals surface area contributed by atoms with Crippen LogP contribution in [0.4, 0.5) is 5.95 Å². The predicted octanol–water partition coefficient (Wildman–Crippen LogP) is 3.14. The van der Waals surface area contributed by atoms with Crippen molar-refractivity contribution >= 4 is 5.95 Å². The molecule has 2 aliphatic rings. The molecule has 2 aromatic rings. The van der Waals surface area contributed by atoms with E-state index in [0.29, 0.717) is 12.0 Å². The Bertz CT molecular complexity index is 901. The van der Waals surface area contributed by atoms with Gasteiger partial charge < -0.3 is 4.90 Å². The fourth-order valence-electron chi connectivity index (χ4n) is 4.79. The van der Waals surface area contributed by atoms with E-state index in [1.54, 1.807) is 6.07 Å². The molecule has 0 aromatic carbocycles. The van der Waals surface area contributed by atoms with Crippen LogP contribution < -0.4 is 10.5 Å². The largest absolute Gasteiger partial charge is 0.342 e. The van der Waals surface area contributed by atoms with Gasteiger partial charge in [-0.05, 0) is 66.5 Å². The lowest BCUT2D eigenvalue weighted by Crippen LogP contribution is -2.33. The van der Waals surface area contributed by atoms with Gasteiger partial charge in [0.1, 0.15) is 0 Å². The summed E-state index contributed by atoms with van der Waals surface area (Å²) in [6, 6.07) is 2.10. The molecule has 0 bridgehead atoms. The number of rotatable bonds is 5. The van der Waals surface area contributed by atoms with Crippen molar-refractivity contribution in [3.05, 3.63) is 39.1 Å². The van der Waals surface area contributed by atoms with Crippen molar-refractivity contribution < 1.29 is 0 Å². The van der Waals surface area contributed by atoms with Crippen LogP contribution in [0.2, 0.25) is 0 Å². The van der Waals surface area contributed by atoms with Gasteiger partial charge >= 0.3 is 0 Å². The number of aryl methyl sites for hydroxylation is 1. The summed E-state index contributed by atoms with van der Waals surface area (Å²) in [6.07, 6.45) is 4.45. The molecular formula is C22H34N6O. The van der Waals surface area contributed by atoms with E-state index in [4.69, 9.17) is 10.1 Å². The Morgan fingerprint density at radius 1 is 1.14 bits per heavy atom. The highest BCUT2D eigenvalue weighted by Crippen LogP contribution is 2.29. The van der Waals surface area contributed by atoms with Crippen LogP contribution in [0.5, 0.6) is 0 Å². The quantitative estimate of drug-likeness (QED) is 0.838. The summed E-state index contributed by atoms with van der Waals surface area (Å²) < 4.78 is 2.14. The molecule has 7 heteroatoms. The minimum absolute atomic E-state index is 0.0216. The topological polar surface area (TPSA) is 70.1 Å². The van der Waals surface area contributed by atoms with Crippen molar-refractivity contribution in [2.45, 2.75) is 71.9 Å². The lowest BCUT2D eigenvalue weighted by molar-refractivity contribution is 0.202. The summed E-state index contributed by atoms with van der Waals surface area (Å²) in [7, 11) is 0. The summed E-state index contributed by atoms with van der Waals surface area (Å²) in [4.78, 5) is 24.7. The van der Waals surface area contributed by atoms with Gasteiger partial charge in [0.2, 0.25) is 5.95 Å². The van der Waals surface area contributed by atoms with Crippen LogP contribution in [0.1, 0.15) is 74.1 Å². The van der Waals surface area contributed by atoms with Crippen molar-refractivity contribution in [3.63, 3.8) is 0 Å². The van der Waals surface area contributed by atoms with E-state index in [-0.39, 0.29) is 5.56 Å². The molecule has 7 nitrogen and oxygen atoms in total. The van der Waals surface area contributed by atoms with Crippen LogP contribution in [0.25, 0.3) is 0 Å². The highest BCUT2D eigenvalue weighted by Gasteiger charge is 2.25. The van der Waals surface area contributed by atoms with E-state index in [1.807, 2.05) is 0 Å². The Morgan fingerprint density at radius 3 is 2.45 bits per heavy atom. The molecule has 0 saturated carbocycles. The molecule has 0 aliphatic carbocycles. The van der Waals surface area contributed by atoms with Gasteiger partial charge in [0, 0.05) is 48.9 Å². The first kappa shape index (κ1) is 20.1. The van der Waals surface area contributed by atoms with Gasteiger partial charge in [-0.15, -0.1) is 0 Å². The van der Waals surface area contributed by atoms with Crippen molar-refractivity contribution in [1.82, 2.24) is 24.6 Å². The average Bonchev–Trinajstić information content (AvgIpc) is 3.32. The second-order valence-electron chi connectivity index (χ2n) is 8.93. The lowest BCUT2D eigenvalue weighted by Gasteiger charge is -2.32. The third-order valence-electron chi connectivity index (χ3n) is 6.51. The van der Waals surface area contributed by atoms with E-state index >= 15 is 0 Å². The summed E-state index contributed by atoms with van der Waals surface area (Å²) in [5, 5.41) is 4.73. The maximum Gasteiger partial charge on any atom is 0.252 e. The van der Waals surface area contributed by atoms with Crippen LogP contribution in [-0.2, 0) is 6.54 Å². The molecule has 1 N–H and O–H groups in total. The Balaban J connectivity index is 1.42. The molecule has 0 amide bonds. The van der Waals surface area contributed by atoms with E-state index in [9.17, 15) is 4.79 Å². The second kappa shape index (κ2) is 8.30. The van der Waals surface area contributed by atoms with Crippen molar-refractivity contribution in [2.75, 3.05) is 31.1 Å². The normalized spacial score (nSPS) is 18.9.